The second-order valence-corrected chi connectivity index (χ2v) is 3.81. The Hall–Kier alpha value is -1.92. The van der Waals surface area contributed by atoms with E-state index in [1.807, 2.05) is 0 Å². The van der Waals surface area contributed by atoms with E-state index in [1.54, 1.807) is 20.8 Å². The topological polar surface area (TPSA) is 95.5 Å². The Labute approximate surface area is 85.1 Å². The maximum Gasteiger partial charge on any atom is 0.414 e. The van der Waals surface area contributed by atoms with Gasteiger partial charge in [-0.3, -0.25) is 0 Å². The van der Waals surface area contributed by atoms with Crippen molar-refractivity contribution in [1.82, 2.24) is 5.16 Å². The van der Waals surface area contributed by atoms with Crippen LogP contribution in [-0.4, -0.2) is 21.7 Å². The molecule has 0 spiro atoms. The zero-order valence-electron chi connectivity index (χ0n) is 8.51. The van der Waals surface area contributed by atoms with Gasteiger partial charge >= 0.3 is 11.8 Å². The van der Waals surface area contributed by atoms with Crippen molar-refractivity contribution in [2.45, 2.75) is 26.4 Å². The molecule has 0 saturated carbocycles. The predicted octanol–water partition coefficient (Wildman–Crippen LogP) is 1.54. The van der Waals surface area contributed by atoms with Crippen LogP contribution in [0.4, 0.5) is 5.82 Å². The lowest BCUT2D eigenvalue weighted by molar-refractivity contribution is -0.390. The second kappa shape index (κ2) is 3.68. The molecule has 7 nitrogen and oxygen atoms in total. The van der Waals surface area contributed by atoms with Gasteiger partial charge in [0, 0.05) is 0 Å². The summed E-state index contributed by atoms with van der Waals surface area (Å²) < 4.78 is 9.39. The molecule has 0 aliphatic rings. The van der Waals surface area contributed by atoms with Gasteiger partial charge in [-0.25, -0.2) is 9.32 Å². The van der Waals surface area contributed by atoms with E-state index in [-0.39, 0.29) is 5.76 Å². The van der Waals surface area contributed by atoms with Gasteiger partial charge in [-0.1, -0.05) is 0 Å². The van der Waals surface area contributed by atoms with E-state index in [1.165, 1.54) is 0 Å². The number of hydrogen-bond acceptors (Lipinski definition) is 6. The normalized spacial score (nSPS) is 11.1. The largest absolute Gasteiger partial charge is 0.454 e. The van der Waals surface area contributed by atoms with Gasteiger partial charge in [0.25, 0.3) is 5.76 Å². The first-order chi connectivity index (χ1) is 6.79. The lowest BCUT2D eigenvalue weighted by Gasteiger charge is -2.17. The summed E-state index contributed by atoms with van der Waals surface area (Å²) in [6.07, 6.45) is 0. The number of carbonyl (C=O) groups excluding carboxylic acids is 1. The van der Waals surface area contributed by atoms with Crippen molar-refractivity contribution in [3.05, 3.63) is 21.9 Å². The predicted molar refractivity (Wildman–Crippen MR) is 48.3 cm³/mol. The number of carbonyl (C=O) groups is 1. The van der Waals surface area contributed by atoms with Crippen LogP contribution in [0.5, 0.6) is 0 Å². The maximum atomic E-state index is 11.3. The molecule has 82 valence electrons. The summed E-state index contributed by atoms with van der Waals surface area (Å²) in [5.41, 5.74) is -0.682. The van der Waals surface area contributed by atoms with Crippen LogP contribution in [0.3, 0.4) is 0 Å². The van der Waals surface area contributed by atoms with Crippen molar-refractivity contribution in [1.29, 1.82) is 0 Å². The number of rotatable bonds is 2. The molecule has 1 rings (SSSR count). The molecule has 0 saturated heterocycles. The van der Waals surface area contributed by atoms with E-state index in [4.69, 9.17) is 4.74 Å². The van der Waals surface area contributed by atoms with Crippen molar-refractivity contribution in [2.75, 3.05) is 0 Å². The fraction of sp³-hybridized carbons (Fsp3) is 0.500. The smallest absolute Gasteiger partial charge is 0.414 e. The zero-order valence-corrected chi connectivity index (χ0v) is 8.51. The molecule has 0 aromatic carbocycles. The number of esters is 1. The highest BCUT2D eigenvalue weighted by Crippen LogP contribution is 2.15. The van der Waals surface area contributed by atoms with Crippen LogP contribution in [-0.2, 0) is 4.74 Å². The Morgan fingerprint density at radius 1 is 1.60 bits per heavy atom. The van der Waals surface area contributed by atoms with Gasteiger partial charge in [-0.15, -0.1) is 0 Å². The van der Waals surface area contributed by atoms with Crippen molar-refractivity contribution in [3.63, 3.8) is 0 Å². The molecular formula is C8H10N2O5. The standard InChI is InChI=1S/C8H10N2O5/c1-8(2,3)14-7(11)5-4-6(9-15-5)10(12)13/h4H,1-3H3. The molecule has 0 aliphatic heterocycles. The van der Waals surface area contributed by atoms with E-state index in [9.17, 15) is 14.9 Å². The molecule has 0 aliphatic carbocycles. The summed E-state index contributed by atoms with van der Waals surface area (Å²) >= 11 is 0. The van der Waals surface area contributed by atoms with Gasteiger partial charge in [0.15, 0.2) is 5.16 Å². The van der Waals surface area contributed by atoms with Crippen LogP contribution in [0.2, 0.25) is 0 Å². The highest BCUT2D eigenvalue weighted by molar-refractivity contribution is 5.86. The summed E-state index contributed by atoms with van der Waals surface area (Å²) in [4.78, 5) is 20.8. The molecule has 0 N–H and O–H groups in total. The van der Waals surface area contributed by atoms with E-state index in [0.29, 0.717) is 0 Å². The van der Waals surface area contributed by atoms with Crippen LogP contribution in [0.1, 0.15) is 31.3 Å². The summed E-state index contributed by atoms with van der Waals surface area (Å²) in [7, 11) is 0. The van der Waals surface area contributed by atoms with Gasteiger partial charge in [-0.2, -0.15) is 0 Å². The third kappa shape index (κ3) is 3.04. The van der Waals surface area contributed by atoms with E-state index in [2.05, 4.69) is 9.68 Å². The number of aromatic nitrogens is 1. The van der Waals surface area contributed by atoms with Gasteiger partial charge in [0.1, 0.15) is 5.60 Å². The molecule has 0 bridgehead atoms. The fourth-order valence-electron chi connectivity index (χ4n) is 0.777. The Kier molecular flexibility index (Phi) is 2.74. The number of nitrogens with zero attached hydrogens (tertiary/aromatic N) is 2. The van der Waals surface area contributed by atoms with Gasteiger partial charge < -0.3 is 14.9 Å². The lowest BCUT2D eigenvalue weighted by atomic mass is 10.2. The average Bonchev–Trinajstić information content (AvgIpc) is 2.47. The lowest BCUT2D eigenvalue weighted by Crippen LogP contribution is -2.23. The van der Waals surface area contributed by atoms with Crippen LogP contribution in [0.15, 0.2) is 10.6 Å². The summed E-state index contributed by atoms with van der Waals surface area (Å²) in [5, 5.41) is 13.3. The molecular weight excluding hydrogens is 204 g/mol. The Bertz CT molecular complexity index is 390. The number of nitro groups is 1. The third-order valence-electron chi connectivity index (χ3n) is 1.28. The minimum absolute atomic E-state index is 0.281. The van der Waals surface area contributed by atoms with E-state index < -0.39 is 22.3 Å². The zero-order chi connectivity index (χ0) is 11.6. The maximum absolute atomic E-state index is 11.3. The van der Waals surface area contributed by atoms with Crippen molar-refractivity contribution >= 4 is 11.8 Å². The van der Waals surface area contributed by atoms with Crippen LogP contribution < -0.4 is 0 Å². The van der Waals surface area contributed by atoms with E-state index in [0.717, 1.165) is 6.07 Å². The van der Waals surface area contributed by atoms with Crippen molar-refractivity contribution in [2.24, 2.45) is 0 Å². The summed E-state index contributed by atoms with van der Waals surface area (Å²) in [6, 6.07) is 0.925. The Balaban J connectivity index is 2.79. The third-order valence-corrected chi connectivity index (χ3v) is 1.28. The van der Waals surface area contributed by atoms with Crippen LogP contribution >= 0.6 is 0 Å². The van der Waals surface area contributed by atoms with Crippen LogP contribution in [0.25, 0.3) is 0 Å². The molecule has 0 radical (unpaired) electrons. The molecule has 0 atom stereocenters. The van der Waals surface area contributed by atoms with Gasteiger partial charge in [-0.05, 0) is 25.7 Å². The molecule has 0 fully saturated rings. The highest BCUT2D eigenvalue weighted by Gasteiger charge is 2.25. The van der Waals surface area contributed by atoms with Gasteiger partial charge in [0.2, 0.25) is 0 Å². The first kappa shape index (κ1) is 11.2. The van der Waals surface area contributed by atoms with Crippen molar-refractivity contribution < 1.29 is 19.0 Å². The Morgan fingerprint density at radius 2 is 2.20 bits per heavy atom. The minimum Gasteiger partial charge on any atom is -0.454 e. The number of ether oxygens (including phenoxy) is 1. The molecule has 0 amide bonds. The SMILES string of the molecule is CC(C)(C)OC(=O)c1cc([N+](=O)[O-])no1. The van der Waals surface area contributed by atoms with Crippen molar-refractivity contribution in [3.8, 4) is 0 Å². The molecule has 1 heterocycles. The summed E-state index contributed by atoms with van der Waals surface area (Å²) in [6.45, 7) is 5.03. The highest BCUT2D eigenvalue weighted by atomic mass is 16.6. The molecule has 1 aromatic rings. The van der Waals surface area contributed by atoms with E-state index >= 15 is 0 Å². The second-order valence-electron chi connectivity index (χ2n) is 3.81. The molecule has 1 aromatic heterocycles. The molecule has 0 unspecified atom stereocenters. The number of hydrogen-bond donors (Lipinski definition) is 0. The first-order valence-corrected chi connectivity index (χ1v) is 4.14. The minimum atomic E-state index is -0.775. The monoisotopic (exact) mass is 214 g/mol. The average molecular weight is 214 g/mol. The molecule has 7 heteroatoms. The Morgan fingerprint density at radius 3 is 2.60 bits per heavy atom. The van der Waals surface area contributed by atoms with Crippen LogP contribution in [0, 0.1) is 10.1 Å². The van der Waals surface area contributed by atoms with Gasteiger partial charge in [0.05, 0.1) is 6.07 Å². The summed E-state index contributed by atoms with van der Waals surface area (Å²) in [5.74, 6) is -1.57. The quantitative estimate of drug-likeness (QED) is 0.421. The first-order valence-electron chi connectivity index (χ1n) is 4.14. The fourth-order valence-corrected chi connectivity index (χ4v) is 0.777. The molecule has 15 heavy (non-hydrogen) atoms.